The number of carbonyl (C=O) groups excluding carboxylic acids is 2. The van der Waals surface area contributed by atoms with Crippen molar-refractivity contribution in [2.45, 2.75) is 33.9 Å². The third-order valence-electron chi connectivity index (χ3n) is 5.70. The van der Waals surface area contributed by atoms with E-state index < -0.39 is 5.82 Å². The Morgan fingerprint density at radius 2 is 1.94 bits per heavy atom. The topological polar surface area (TPSA) is 85.1 Å². The van der Waals surface area contributed by atoms with Crippen LogP contribution in [0.2, 0.25) is 0 Å². The van der Waals surface area contributed by atoms with Crippen molar-refractivity contribution in [1.82, 2.24) is 24.2 Å². The van der Waals surface area contributed by atoms with Crippen molar-refractivity contribution in [2.24, 2.45) is 7.05 Å². The van der Waals surface area contributed by atoms with Gasteiger partial charge in [-0.3, -0.25) is 14.3 Å². The van der Waals surface area contributed by atoms with Crippen LogP contribution < -0.4 is 5.32 Å². The van der Waals surface area contributed by atoms with Crippen molar-refractivity contribution in [3.8, 4) is 11.4 Å². The predicted octanol–water partition coefficient (Wildman–Crippen LogP) is 4.13. The van der Waals surface area contributed by atoms with E-state index in [1.165, 1.54) is 13.0 Å². The fraction of sp³-hybridized carbons (Fsp3) is 0.280. The van der Waals surface area contributed by atoms with Crippen molar-refractivity contribution in [3.63, 3.8) is 0 Å². The maximum absolute atomic E-state index is 14.6. The summed E-state index contributed by atoms with van der Waals surface area (Å²) >= 11 is 0. The molecule has 9 heteroatoms. The lowest BCUT2D eigenvalue weighted by Crippen LogP contribution is -2.26. The zero-order valence-corrected chi connectivity index (χ0v) is 19.9. The monoisotopic (exact) mass is 462 g/mol. The van der Waals surface area contributed by atoms with E-state index in [1.807, 2.05) is 31.7 Å². The summed E-state index contributed by atoms with van der Waals surface area (Å²) in [5, 5.41) is 7.15. The van der Waals surface area contributed by atoms with E-state index in [-0.39, 0.29) is 11.8 Å². The molecule has 0 atom stereocenters. The van der Waals surface area contributed by atoms with Crippen molar-refractivity contribution >= 4 is 28.5 Å². The largest absolute Gasteiger partial charge is 0.337 e. The minimum absolute atomic E-state index is 0.227. The number of nitrogens with one attached hydrogen (secondary N) is 1. The van der Waals surface area contributed by atoms with Gasteiger partial charge in [0.15, 0.2) is 0 Å². The van der Waals surface area contributed by atoms with Crippen LogP contribution in [-0.2, 0) is 24.9 Å². The molecule has 4 rings (SSSR count). The van der Waals surface area contributed by atoms with E-state index >= 15 is 0 Å². The fourth-order valence-electron chi connectivity index (χ4n) is 4.18. The molecule has 0 bridgehead atoms. The summed E-state index contributed by atoms with van der Waals surface area (Å²) in [6.07, 6.45) is 1.88. The van der Waals surface area contributed by atoms with Crippen LogP contribution in [0, 0.1) is 12.7 Å². The number of benzene rings is 2. The molecule has 0 aliphatic rings. The molecular weight excluding hydrogens is 435 g/mol. The number of rotatable bonds is 6. The fourth-order valence-corrected chi connectivity index (χ4v) is 4.18. The zero-order chi connectivity index (χ0) is 24.6. The number of nitrogens with zero attached hydrogens (tertiary/aromatic N) is 5. The van der Waals surface area contributed by atoms with Crippen LogP contribution in [0.25, 0.3) is 22.4 Å². The van der Waals surface area contributed by atoms with Crippen molar-refractivity contribution in [2.75, 3.05) is 12.4 Å². The lowest BCUT2D eigenvalue weighted by molar-refractivity contribution is -0.114. The molecule has 1 N–H and O–H groups in total. The molecule has 2 aromatic carbocycles. The molecule has 4 aromatic rings. The van der Waals surface area contributed by atoms with E-state index in [1.54, 1.807) is 47.0 Å². The van der Waals surface area contributed by atoms with Gasteiger partial charge in [-0.25, -0.2) is 9.37 Å². The quantitative estimate of drug-likeness (QED) is 0.467. The van der Waals surface area contributed by atoms with E-state index in [0.717, 1.165) is 11.3 Å². The average molecular weight is 463 g/mol. The lowest BCUT2D eigenvalue weighted by Gasteiger charge is -2.18. The smallest absolute Gasteiger partial charge is 0.254 e. The number of amides is 2. The number of hydrogen-bond acceptors (Lipinski definition) is 4. The summed E-state index contributed by atoms with van der Waals surface area (Å²) in [6, 6.07) is 9.75. The van der Waals surface area contributed by atoms with Gasteiger partial charge in [0, 0.05) is 51.4 Å². The first-order valence-corrected chi connectivity index (χ1v) is 11.0. The van der Waals surface area contributed by atoms with Gasteiger partial charge in [0.1, 0.15) is 11.6 Å². The second-order valence-electron chi connectivity index (χ2n) is 8.31. The molecule has 0 unspecified atom stereocenters. The predicted molar refractivity (Wildman–Crippen MR) is 129 cm³/mol. The number of imidazole rings is 1. The van der Waals surface area contributed by atoms with E-state index in [9.17, 15) is 14.0 Å². The number of carbonyl (C=O) groups is 2. The van der Waals surface area contributed by atoms with Crippen molar-refractivity contribution in [3.05, 3.63) is 65.2 Å². The molecule has 176 valence electrons. The second kappa shape index (κ2) is 9.09. The van der Waals surface area contributed by atoms with Crippen LogP contribution in [0.3, 0.4) is 0 Å². The van der Waals surface area contributed by atoms with Gasteiger partial charge < -0.3 is 14.8 Å². The molecule has 0 fully saturated rings. The molecule has 2 amide bonds. The van der Waals surface area contributed by atoms with Crippen molar-refractivity contribution in [1.29, 1.82) is 0 Å². The number of aryl methyl sites for hydroxylation is 3. The number of halogens is 1. The first-order valence-electron chi connectivity index (χ1n) is 11.0. The van der Waals surface area contributed by atoms with Crippen LogP contribution >= 0.6 is 0 Å². The van der Waals surface area contributed by atoms with Crippen LogP contribution in [0.15, 0.2) is 42.6 Å². The van der Waals surface area contributed by atoms with Gasteiger partial charge in [-0.15, -0.1) is 0 Å². The van der Waals surface area contributed by atoms with Crippen molar-refractivity contribution < 1.29 is 14.0 Å². The highest BCUT2D eigenvalue weighted by Gasteiger charge is 2.22. The van der Waals surface area contributed by atoms with Gasteiger partial charge in [0.05, 0.1) is 28.0 Å². The van der Waals surface area contributed by atoms with E-state index in [4.69, 9.17) is 0 Å². The van der Waals surface area contributed by atoms with Crippen LogP contribution in [-0.4, -0.2) is 43.1 Å². The van der Waals surface area contributed by atoms with Crippen LogP contribution in [0.1, 0.15) is 35.5 Å². The minimum atomic E-state index is -0.392. The summed E-state index contributed by atoms with van der Waals surface area (Å²) < 4.78 is 18.2. The minimum Gasteiger partial charge on any atom is -0.337 e. The molecule has 0 radical (unpaired) electrons. The maximum Gasteiger partial charge on any atom is 0.254 e. The van der Waals surface area contributed by atoms with Gasteiger partial charge in [-0.1, -0.05) is 12.1 Å². The first-order chi connectivity index (χ1) is 16.2. The highest BCUT2D eigenvalue weighted by atomic mass is 19.1. The summed E-state index contributed by atoms with van der Waals surface area (Å²) in [6.45, 7) is 6.11. The Balaban J connectivity index is 1.82. The maximum atomic E-state index is 14.6. The molecule has 2 heterocycles. The summed E-state index contributed by atoms with van der Waals surface area (Å²) in [5.74, 6) is -0.459. The van der Waals surface area contributed by atoms with Gasteiger partial charge in [0.25, 0.3) is 5.91 Å². The molecule has 2 aromatic heterocycles. The standard InChI is InChI=1S/C25H27FN6O2/c1-6-32-23-21(27-16(3)33)11-17(25(34)30(4)13-18-14-31(5)29-15(18)2)12-22(23)28-24(32)19-9-7-8-10-20(19)26/h7-12,14H,6,13H2,1-5H3,(H,27,33). The SMILES string of the molecule is CCn1c(-c2ccccc2F)nc2cc(C(=O)N(C)Cc3cn(C)nc3C)cc(NC(C)=O)c21. The Bertz CT molecular complexity index is 1400. The van der Waals surface area contributed by atoms with E-state index in [2.05, 4.69) is 15.4 Å². The molecular formula is C25H27FN6O2. The Hall–Kier alpha value is -4.01. The number of hydrogen-bond donors (Lipinski definition) is 1. The molecule has 0 spiro atoms. The summed E-state index contributed by atoms with van der Waals surface area (Å²) in [4.78, 5) is 31.6. The molecule has 34 heavy (non-hydrogen) atoms. The molecule has 0 aliphatic heterocycles. The highest BCUT2D eigenvalue weighted by Crippen LogP contribution is 2.32. The number of anilines is 1. The molecule has 0 saturated heterocycles. The highest BCUT2D eigenvalue weighted by molar-refractivity contribution is 6.05. The molecule has 0 aliphatic carbocycles. The number of fused-ring (bicyclic) bond motifs is 1. The van der Waals surface area contributed by atoms with Gasteiger partial charge in [-0.2, -0.15) is 5.10 Å². The van der Waals surface area contributed by atoms with Gasteiger partial charge in [0.2, 0.25) is 5.91 Å². The van der Waals surface area contributed by atoms with Crippen LogP contribution in [0.5, 0.6) is 0 Å². The normalized spacial score (nSPS) is 11.1. The molecule has 0 saturated carbocycles. The molecule has 8 nitrogen and oxygen atoms in total. The zero-order valence-electron chi connectivity index (χ0n) is 19.9. The third kappa shape index (κ3) is 4.28. The van der Waals surface area contributed by atoms with Gasteiger partial charge in [-0.05, 0) is 38.1 Å². The van der Waals surface area contributed by atoms with E-state index in [0.29, 0.717) is 46.8 Å². The first kappa shape index (κ1) is 23.2. The Morgan fingerprint density at radius 3 is 2.56 bits per heavy atom. The second-order valence-corrected chi connectivity index (χ2v) is 8.31. The summed E-state index contributed by atoms with van der Waals surface area (Å²) in [7, 11) is 3.55. The average Bonchev–Trinajstić information content (AvgIpc) is 3.31. The van der Waals surface area contributed by atoms with Crippen LogP contribution in [0.4, 0.5) is 10.1 Å². The lowest BCUT2D eigenvalue weighted by atomic mass is 10.1. The summed E-state index contributed by atoms with van der Waals surface area (Å²) in [5.41, 5.74) is 4.12. The third-order valence-corrected chi connectivity index (χ3v) is 5.70. The Morgan fingerprint density at radius 1 is 1.21 bits per heavy atom. The Kier molecular flexibility index (Phi) is 6.19. The number of aromatic nitrogens is 4. The Labute approximate surface area is 197 Å². The van der Waals surface area contributed by atoms with Gasteiger partial charge >= 0.3 is 0 Å².